The van der Waals surface area contributed by atoms with Crippen LogP contribution in [0, 0.1) is 5.41 Å². The molecule has 0 saturated carbocycles. The van der Waals surface area contributed by atoms with E-state index in [0.717, 1.165) is 13.0 Å². The van der Waals surface area contributed by atoms with Gasteiger partial charge in [0.25, 0.3) is 5.91 Å². The molecule has 1 N–H and O–H groups in total. The van der Waals surface area contributed by atoms with E-state index in [2.05, 4.69) is 9.68 Å². The van der Waals surface area contributed by atoms with Gasteiger partial charge in [-0.25, -0.2) is 4.21 Å². The van der Waals surface area contributed by atoms with Crippen LogP contribution in [0.5, 0.6) is 0 Å². The van der Waals surface area contributed by atoms with Gasteiger partial charge >= 0.3 is 0 Å². The maximum absolute atomic E-state index is 11.6. The summed E-state index contributed by atoms with van der Waals surface area (Å²) in [5, 5.41) is 3.11. The average molecular weight is 204 g/mol. The zero-order valence-electron chi connectivity index (χ0n) is 8.29. The molecule has 0 aliphatic carbocycles. The van der Waals surface area contributed by atoms with Crippen molar-refractivity contribution in [1.82, 2.24) is 5.32 Å². The van der Waals surface area contributed by atoms with Gasteiger partial charge in [-0.1, -0.05) is 0 Å². The van der Waals surface area contributed by atoms with E-state index in [9.17, 15) is 9.00 Å². The number of amides is 1. The van der Waals surface area contributed by atoms with Crippen LogP contribution in [0.3, 0.4) is 0 Å². The first-order valence-electron chi connectivity index (χ1n) is 4.26. The first kappa shape index (κ1) is 10.7. The molecular formula is C8H16N2O2S. The van der Waals surface area contributed by atoms with E-state index >= 15 is 0 Å². The summed E-state index contributed by atoms with van der Waals surface area (Å²) < 4.78 is 15.0. The van der Waals surface area contributed by atoms with Crippen LogP contribution < -0.4 is 5.32 Å². The third-order valence-electron chi connectivity index (χ3n) is 2.19. The molecule has 1 atom stereocenters. The minimum atomic E-state index is -2.30. The second-order valence-corrected chi connectivity index (χ2v) is 6.61. The van der Waals surface area contributed by atoms with Crippen LogP contribution in [0.25, 0.3) is 0 Å². The SMILES string of the molecule is CC1(C(=O)N=S(C)(C)=O)CCNC1. The van der Waals surface area contributed by atoms with Gasteiger partial charge in [0.1, 0.15) is 0 Å². The predicted molar refractivity (Wildman–Crippen MR) is 53.0 cm³/mol. The second kappa shape index (κ2) is 3.38. The van der Waals surface area contributed by atoms with Crippen LogP contribution in [-0.2, 0) is 14.5 Å². The van der Waals surface area contributed by atoms with E-state index in [-0.39, 0.29) is 5.91 Å². The van der Waals surface area contributed by atoms with Gasteiger partial charge in [-0.2, -0.15) is 4.36 Å². The van der Waals surface area contributed by atoms with Gasteiger partial charge in [0, 0.05) is 28.8 Å². The molecule has 0 spiro atoms. The molecule has 13 heavy (non-hydrogen) atoms. The Bertz CT molecular complexity index is 315. The summed E-state index contributed by atoms with van der Waals surface area (Å²) in [4.78, 5) is 11.6. The van der Waals surface area contributed by atoms with Crippen LogP contribution in [0.1, 0.15) is 13.3 Å². The van der Waals surface area contributed by atoms with Gasteiger partial charge in [-0.05, 0) is 19.9 Å². The molecule has 0 aromatic carbocycles. The lowest BCUT2D eigenvalue weighted by molar-refractivity contribution is -0.125. The Morgan fingerprint density at radius 3 is 2.54 bits per heavy atom. The predicted octanol–water partition coefficient (Wildman–Crippen LogP) is 0.240. The number of carbonyl (C=O) groups excluding carboxylic acids is 1. The van der Waals surface area contributed by atoms with E-state index in [1.54, 1.807) is 0 Å². The minimum Gasteiger partial charge on any atom is -0.316 e. The van der Waals surface area contributed by atoms with Crippen molar-refractivity contribution in [3.05, 3.63) is 0 Å². The molecule has 1 fully saturated rings. The summed E-state index contributed by atoms with van der Waals surface area (Å²) in [6.45, 7) is 3.35. The van der Waals surface area contributed by atoms with Gasteiger partial charge in [0.2, 0.25) is 0 Å². The number of hydrogen-bond donors (Lipinski definition) is 1. The highest BCUT2D eigenvalue weighted by Gasteiger charge is 2.36. The van der Waals surface area contributed by atoms with Gasteiger partial charge in [-0.3, -0.25) is 4.79 Å². The molecule has 0 radical (unpaired) electrons. The van der Waals surface area contributed by atoms with Crippen LogP contribution in [0.2, 0.25) is 0 Å². The zero-order valence-corrected chi connectivity index (χ0v) is 9.11. The largest absolute Gasteiger partial charge is 0.316 e. The van der Waals surface area contributed by atoms with Crippen molar-refractivity contribution in [2.45, 2.75) is 13.3 Å². The first-order valence-corrected chi connectivity index (χ1v) is 6.59. The molecule has 0 bridgehead atoms. The summed E-state index contributed by atoms with van der Waals surface area (Å²) >= 11 is 0. The average Bonchev–Trinajstić information content (AvgIpc) is 2.33. The minimum absolute atomic E-state index is 0.229. The van der Waals surface area contributed by atoms with Crippen molar-refractivity contribution in [3.63, 3.8) is 0 Å². The maximum atomic E-state index is 11.6. The highest BCUT2D eigenvalue weighted by Crippen LogP contribution is 2.26. The highest BCUT2D eigenvalue weighted by molar-refractivity contribution is 7.92. The van der Waals surface area contributed by atoms with Crippen molar-refractivity contribution >= 4 is 15.6 Å². The van der Waals surface area contributed by atoms with Crippen LogP contribution in [-0.4, -0.2) is 35.7 Å². The van der Waals surface area contributed by atoms with Crippen LogP contribution in [0.4, 0.5) is 0 Å². The zero-order chi connectivity index (χ0) is 10.1. The van der Waals surface area contributed by atoms with E-state index in [4.69, 9.17) is 0 Å². The molecule has 1 aliphatic rings. The van der Waals surface area contributed by atoms with E-state index < -0.39 is 15.1 Å². The van der Waals surface area contributed by atoms with Crippen LogP contribution in [0.15, 0.2) is 4.36 Å². The van der Waals surface area contributed by atoms with Gasteiger partial charge in [-0.15, -0.1) is 0 Å². The van der Waals surface area contributed by atoms with Crippen molar-refractivity contribution in [2.75, 3.05) is 25.6 Å². The first-order chi connectivity index (χ1) is 5.83. The van der Waals surface area contributed by atoms with E-state index in [0.29, 0.717) is 6.54 Å². The monoisotopic (exact) mass is 204 g/mol. The molecule has 1 amide bonds. The molecule has 1 aliphatic heterocycles. The van der Waals surface area contributed by atoms with Crippen LogP contribution >= 0.6 is 0 Å². The molecule has 4 nitrogen and oxygen atoms in total. The van der Waals surface area contributed by atoms with Gasteiger partial charge in [0.05, 0.1) is 5.41 Å². The van der Waals surface area contributed by atoms with Crippen molar-refractivity contribution < 1.29 is 9.00 Å². The summed E-state index contributed by atoms with van der Waals surface area (Å²) in [6, 6.07) is 0. The quantitative estimate of drug-likeness (QED) is 0.665. The number of nitrogens with zero attached hydrogens (tertiary/aromatic N) is 1. The van der Waals surface area contributed by atoms with Gasteiger partial charge < -0.3 is 5.32 Å². The van der Waals surface area contributed by atoms with Crippen molar-refractivity contribution in [2.24, 2.45) is 9.78 Å². The molecular weight excluding hydrogens is 188 g/mol. The number of carbonyl (C=O) groups is 1. The van der Waals surface area contributed by atoms with E-state index in [1.165, 1.54) is 12.5 Å². The number of hydrogen-bond acceptors (Lipinski definition) is 3. The third-order valence-corrected chi connectivity index (χ3v) is 2.79. The molecule has 1 heterocycles. The summed E-state index contributed by atoms with van der Waals surface area (Å²) in [7, 11) is -2.30. The normalized spacial score (nSPS) is 28.8. The smallest absolute Gasteiger partial charge is 0.261 e. The Morgan fingerprint density at radius 1 is 1.54 bits per heavy atom. The third kappa shape index (κ3) is 2.77. The number of rotatable bonds is 1. The molecule has 0 aromatic rings. The Hall–Kier alpha value is -0.420. The molecule has 76 valence electrons. The fourth-order valence-corrected chi connectivity index (χ4v) is 1.93. The maximum Gasteiger partial charge on any atom is 0.261 e. The Balaban J connectivity index is 2.85. The number of nitrogens with one attached hydrogen (secondary N) is 1. The lowest BCUT2D eigenvalue weighted by Gasteiger charge is -2.17. The Kier molecular flexibility index (Phi) is 2.77. The molecule has 0 aromatic heterocycles. The lowest BCUT2D eigenvalue weighted by Crippen LogP contribution is -2.29. The Labute approximate surface area is 79.3 Å². The summed E-state index contributed by atoms with van der Waals surface area (Å²) in [5.41, 5.74) is -0.436. The standard InChI is InChI=1S/C8H16N2O2S/c1-8(4-5-9-6-8)7(11)10-13(2,3)12/h9H,4-6H2,1-3H3. The fourth-order valence-electron chi connectivity index (χ4n) is 1.31. The molecule has 1 saturated heterocycles. The van der Waals surface area contributed by atoms with Crippen molar-refractivity contribution in [3.8, 4) is 0 Å². The summed E-state index contributed by atoms with van der Waals surface area (Å²) in [6.07, 6.45) is 3.75. The van der Waals surface area contributed by atoms with Crippen molar-refractivity contribution in [1.29, 1.82) is 0 Å². The molecule has 1 rings (SSSR count). The molecule has 5 heteroatoms. The van der Waals surface area contributed by atoms with Gasteiger partial charge in [0.15, 0.2) is 0 Å². The van der Waals surface area contributed by atoms with E-state index in [1.807, 2.05) is 6.92 Å². The fraction of sp³-hybridized carbons (Fsp3) is 0.875. The lowest BCUT2D eigenvalue weighted by atomic mass is 9.89. The topological polar surface area (TPSA) is 58.5 Å². The summed E-state index contributed by atoms with van der Waals surface area (Å²) in [5.74, 6) is -0.229. The Morgan fingerprint density at radius 2 is 2.15 bits per heavy atom. The highest BCUT2D eigenvalue weighted by atomic mass is 32.2. The molecule has 1 unspecified atom stereocenters. The second-order valence-electron chi connectivity index (χ2n) is 4.07.